The Labute approximate surface area is 757 Å². The van der Waals surface area contributed by atoms with Gasteiger partial charge < -0.3 is 89.5 Å². The molecule has 0 radical (unpaired) electrons. The number of aromatic hydroxyl groups is 6. The van der Waals surface area contributed by atoms with Crippen LogP contribution in [0.1, 0.15) is 296 Å². The van der Waals surface area contributed by atoms with Crippen LogP contribution in [-0.2, 0) is 44.9 Å². The van der Waals surface area contributed by atoms with Crippen molar-refractivity contribution in [3.63, 3.8) is 0 Å². The number of aliphatic hydroxyl groups is 2. The molecule has 17 heteroatoms. The first-order valence-electron chi connectivity index (χ1n) is 44.5. The second-order valence-corrected chi connectivity index (χ2v) is 34.1. The molecular formula is C109H155N9O8. The summed E-state index contributed by atoms with van der Waals surface area (Å²) in [7, 11) is 0. The van der Waals surface area contributed by atoms with Crippen LogP contribution >= 0.6 is 0 Å². The first kappa shape index (κ1) is 113. The molecule has 9 aromatic carbocycles. The highest BCUT2D eigenvalue weighted by molar-refractivity contribution is 5.81. The summed E-state index contributed by atoms with van der Waals surface area (Å²) >= 11 is 0. The number of phenols is 6. The van der Waals surface area contributed by atoms with Crippen LogP contribution in [0.4, 0.5) is 0 Å². The summed E-state index contributed by atoms with van der Waals surface area (Å²) < 4.78 is 0. The van der Waals surface area contributed by atoms with E-state index in [1.54, 1.807) is 63.2 Å². The maximum absolute atomic E-state index is 9.83. The highest BCUT2D eigenvalue weighted by Crippen LogP contribution is 2.32. The van der Waals surface area contributed by atoms with Crippen LogP contribution in [0.3, 0.4) is 0 Å². The summed E-state index contributed by atoms with van der Waals surface area (Å²) in [4.78, 5) is 0. The Balaban J connectivity index is 0.000000709. The van der Waals surface area contributed by atoms with E-state index in [1.807, 2.05) is 145 Å². The van der Waals surface area contributed by atoms with Crippen molar-refractivity contribution in [1.29, 1.82) is 48.7 Å². The summed E-state index contributed by atoms with van der Waals surface area (Å²) in [6, 6.07) is 57.3. The maximum atomic E-state index is 9.83. The van der Waals surface area contributed by atoms with Crippen LogP contribution in [0.2, 0.25) is 0 Å². The van der Waals surface area contributed by atoms with Crippen LogP contribution in [0.25, 0.3) is 0 Å². The van der Waals surface area contributed by atoms with Gasteiger partial charge in [0.1, 0.15) is 23.0 Å². The van der Waals surface area contributed by atoms with Gasteiger partial charge in [0, 0.05) is 51.4 Å². The molecule has 0 heterocycles. The van der Waals surface area contributed by atoms with E-state index >= 15 is 0 Å². The SMILES string of the molecule is CC(=N)CCCc1cc(C)cc(C)c1O.CC(=N)CCCc1cc(C)cc(O)c1.CC(=N)CCCc1cc(C)cc(O)c1O.CC(=N)CCCc1cc(O)ccc1C.CC(=N)CCCc1ccc(C)cc1.CC(=N)CCCc1cccc(C)c1.CC(=N)CCCc1ccccc1C.CC(=N)CC[C@H](O)c1ccc(C)c(O)c1.CC(=N)CC[C@H](O)c1ccc(C)cc1. The van der Waals surface area contributed by atoms with Gasteiger partial charge in [0.05, 0.1) is 12.2 Å². The molecule has 684 valence electrons. The molecule has 0 amide bonds. The van der Waals surface area contributed by atoms with Crippen molar-refractivity contribution in [2.45, 2.75) is 304 Å². The molecule has 0 unspecified atom stereocenters. The predicted octanol–water partition coefficient (Wildman–Crippen LogP) is 27.7. The summed E-state index contributed by atoms with van der Waals surface area (Å²) in [5.41, 5.74) is 27.7. The molecule has 0 bridgehead atoms. The summed E-state index contributed by atoms with van der Waals surface area (Å²) in [6.45, 7) is 36.4. The minimum absolute atomic E-state index is 0.0248. The molecular weight excluding hydrogens is 1560 g/mol. The quantitative estimate of drug-likeness (QED) is 0.0132. The van der Waals surface area contributed by atoms with Crippen molar-refractivity contribution in [3.8, 4) is 34.5 Å². The van der Waals surface area contributed by atoms with Crippen molar-refractivity contribution >= 4 is 51.4 Å². The number of hydrogen-bond donors (Lipinski definition) is 17. The van der Waals surface area contributed by atoms with Gasteiger partial charge in [0.25, 0.3) is 0 Å². The molecule has 126 heavy (non-hydrogen) atoms. The Morgan fingerprint density at radius 3 is 1.06 bits per heavy atom. The Morgan fingerprint density at radius 1 is 0.238 bits per heavy atom. The minimum atomic E-state index is -0.600. The van der Waals surface area contributed by atoms with E-state index in [-0.39, 0.29) is 17.2 Å². The molecule has 0 fully saturated rings. The van der Waals surface area contributed by atoms with E-state index in [0.717, 1.165) is 201 Å². The van der Waals surface area contributed by atoms with Crippen LogP contribution < -0.4 is 0 Å². The van der Waals surface area contributed by atoms with Gasteiger partial charge in [-0.25, -0.2) is 0 Å². The lowest BCUT2D eigenvalue weighted by molar-refractivity contribution is 0.169. The molecule has 0 spiro atoms. The van der Waals surface area contributed by atoms with Crippen LogP contribution in [-0.4, -0.2) is 92.3 Å². The third kappa shape index (κ3) is 55.2. The summed E-state index contributed by atoms with van der Waals surface area (Å²) in [5, 5.41) is 142. The lowest BCUT2D eigenvalue weighted by atomic mass is 10.0. The van der Waals surface area contributed by atoms with Gasteiger partial charge in [-0.1, -0.05) is 162 Å². The highest BCUT2D eigenvalue weighted by Gasteiger charge is 2.13. The molecule has 0 aromatic heterocycles. The number of aliphatic hydroxyl groups excluding tert-OH is 2. The highest BCUT2D eigenvalue weighted by atomic mass is 16.3. The molecule has 0 aliphatic carbocycles. The first-order valence-corrected chi connectivity index (χ1v) is 44.5. The summed E-state index contributed by atoms with van der Waals surface area (Å²) in [5.74, 6) is 1.21. The molecule has 17 N–H and O–H groups in total. The van der Waals surface area contributed by atoms with E-state index < -0.39 is 12.2 Å². The molecule has 9 aromatic rings. The zero-order valence-electron chi connectivity index (χ0n) is 79.7. The van der Waals surface area contributed by atoms with E-state index in [1.165, 1.54) is 55.6 Å². The lowest BCUT2D eigenvalue weighted by Crippen LogP contribution is -2.00. The van der Waals surface area contributed by atoms with E-state index in [0.29, 0.717) is 77.8 Å². The van der Waals surface area contributed by atoms with Gasteiger partial charge in [-0.2, -0.15) is 0 Å². The van der Waals surface area contributed by atoms with E-state index in [2.05, 4.69) is 99.6 Å². The van der Waals surface area contributed by atoms with Gasteiger partial charge in [0.15, 0.2) is 11.5 Å². The smallest absolute Gasteiger partial charge is 0.160 e. The van der Waals surface area contributed by atoms with Crippen LogP contribution in [0.5, 0.6) is 34.5 Å². The Hall–Kier alpha value is -11.3. The number of phenolic OH excluding ortho intramolecular Hbond substituents is 6. The fraction of sp³-hybridized carbons (Fsp3) is 0.422. The van der Waals surface area contributed by atoms with Crippen molar-refractivity contribution in [2.24, 2.45) is 0 Å². The first-order chi connectivity index (χ1) is 59.3. The third-order valence-electron chi connectivity index (χ3n) is 20.5. The number of rotatable bonds is 36. The number of hydrogen-bond acceptors (Lipinski definition) is 17. The van der Waals surface area contributed by atoms with Crippen LogP contribution in [0.15, 0.2) is 176 Å². The fourth-order valence-electron chi connectivity index (χ4n) is 13.2. The number of nitrogens with one attached hydrogen (secondary N) is 9. The number of aryl methyl sites for hydroxylation is 17. The molecule has 17 nitrogen and oxygen atoms in total. The monoisotopic (exact) mass is 1720 g/mol. The second-order valence-electron chi connectivity index (χ2n) is 34.1. The Morgan fingerprint density at radius 2 is 0.611 bits per heavy atom. The van der Waals surface area contributed by atoms with Crippen molar-refractivity contribution in [2.75, 3.05) is 0 Å². The average molecular weight is 1720 g/mol. The minimum Gasteiger partial charge on any atom is -0.508 e. The van der Waals surface area contributed by atoms with Crippen molar-refractivity contribution < 1.29 is 40.9 Å². The van der Waals surface area contributed by atoms with E-state index in [9.17, 15) is 40.9 Å². The molecule has 0 aliphatic heterocycles. The number of benzene rings is 9. The average Bonchev–Trinajstić information content (AvgIpc) is 0.868. The molecule has 9 rings (SSSR count). The van der Waals surface area contributed by atoms with Gasteiger partial charge in [-0.15, -0.1) is 0 Å². The van der Waals surface area contributed by atoms with Gasteiger partial charge >= 0.3 is 0 Å². The fourth-order valence-corrected chi connectivity index (χ4v) is 13.2. The van der Waals surface area contributed by atoms with E-state index in [4.69, 9.17) is 48.7 Å². The van der Waals surface area contributed by atoms with Gasteiger partial charge in [-0.3, -0.25) is 0 Å². The third-order valence-corrected chi connectivity index (χ3v) is 20.5. The molecule has 2 atom stereocenters. The Bertz CT molecular complexity index is 4740. The summed E-state index contributed by atoms with van der Waals surface area (Å²) in [6.07, 6.45) is 21.1. The molecule has 0 saturated carbocycles. The maximum Gasteiger partial charge on any atom is 0.160 e. The molecule has 0 aliphatic rings. The second kappa shape index (κ2) is 63.6. The molecule has 0 saturated heterocycles. The topological polar surface area (TPSA) is 376 Å². The van der Waals surface area contributed by atoms with Crippen molar-refractivity contribution in [3.05, 3.63) is 282 Å². The largest absolute Gasteiger partial charge is 0.508 e. The zero-order valence-corrected chi connectivity index (χ0v) is 79.7. The van der Waals surface area contributed by atoms with Gasteiger partial charge in [0.2, 0.25) is 0 Å². The lowest BCUT2D eigenvalue weighted by Gasteiger charge is -2.11. The standard InChI is InChI=1S/C13H19NO.2C12H17NO2.3C12H17NO.3C12H17N/c1-9-7-10(2)13(15)12(8-9)6-4-5-11(3)14;1-8-3-5-10(7-12(8)15)11(14)6-4-9(2)13;1-8-6-10(5-3-4-9(2)13)12(15)11(14)7-8;1-9-3-6-11(7-4-9)12(14)8-5-10(2)13;1-9-6-11(8-12(14)7-9)5-3-4-10(2)13;1-9-6-7-12(14)8-11(9)5-3-4-10(2)13;1-10-5-3-7-12(9-10)8-4-6-11(2)13;1-10-6-3-4-8-12(10)9-5-7-11(2)13;1-10-6-8-12(9-7-10)5-3-4-11(2)13/h7-8,14-15H,4-6H2,1-3H3;3,5,7,11,13-15H,4,6H2,1-2H3;6-7,13-15H,3-5H2,1-2H3;3-4,6-7,12-14H,5,8H2,1-2H3;2*6-8,13-14H,3-5H2,1-2H3;3,5,7,9,13H,4,6,8H2,1-2H3;3-4,6,8,13H,5,7,9H2,1-2H3;6-9,13H,3-5H2,1-2H3/t;11-;;12-;;;;;/m.0.0...../s1. The van der Waals surface area contributed by atoms with Crippen molar-refractivity contribution in [1.82, 2.24) is 0 Å². The normalized spacial score (nSPS) is 10.7. The van der Waals surface area contributed by atoms with Crippen LogP contribution in [0, 0.1) is 118 Å². The Kier molecular flexibility index (Phi) is 56.9. The van der Waals surface area contributed by atoms with Gasteiger partial charge in [-0.05, 0) is 412 Å². The zero-order chi connectivity index (χ0) is 95.0. The predicted molar refractivity (Wildman–Crippen MR) is 535 cm³/mol.